The maximum atomic E-state index is 11.1. The molecule has 4 nitrogen and oxygen atoms in total. The van der Waals surface area contributed by atoms with E-state index in [1.807, 2.05) is 0 Å². The van der Waals surface area contributed by atoms with Gasteiger partial charge in [0.25, 0.3) is 0 Å². The summed E-state index contributed by atoms with van der Waals surface area (Å²) in [5, 5.41) is 0. The van der Waals surface area contributed by atoms with Crippen LogP contribution in [-0.2, 0) is 19.1 Å². The summed E-state index contributed by atoms with van der Waals surface area (Å²) in [4.78, 5) is 32.5. The van der Waals surface area contributed by atoms with Crippen LogP contribution in [0.2, 0.25) is 0 Å². The number of allylic oxidation sites excluding steroid dienone is 3. The first-order chi connectivity index (χ1) is 6.91. The molecule has 0 heterocycles. The van der Waals surface area contributed by atoms with Crippen molar-refractivity contribution in [2.24, 2.45) is 0 Å². The van der Waals surface area contributed by atoms with E-state index in [1.54, 1.807) is 13.8 Å². The molecule has 0 aliphatic heterocycles. The van der Waals surface area contributed by atoms with E-state index >= 15 is 0 Å². The SMILES string of the molecule is CC(=O)OC=CC(=O)CC(=O)C=C(C)C. The lowest BCUT2D eigenvalue weighted by molar-refractivity contribution is -0.135. The monoisotopic (exact) mass is 210 g/mol. The molecule has 0 saturated carbocycles. The second-order valence-corrected chi connectivity index (χ2v) is 3.24. The first-order valence-electron chi connectivity index (χ1n) is 4.46. The molecule has 0 spiro atoms. The fraction of sp³-hybridized carbons (Fsp3) is 0.364. The molecule has 0 saturated heterocycles. The molecular formula is C11H14O4. The van der Waals surface area contributed by atoms with E-state index in [0.717, 1.165) is 17.9 Å². The van der Waals surface area contributed by atoms with Crippen LogP contribution >= 0.6 is 0 Å². The first kappa shape index (κ1) is 13.3. The van der Waals surface area contributed by atoms with Gasteiger partial charge in [0.2, 0.25) is 0 Å². The van der Waals surface area contributed by atoms with Gasteiger partial charge in [-0.1, -0.05) is 5.57 Å². The quantitative estimate of drug-likeness (QED) is 0.299. The van der Waals surface area contributed by atoms with Crippen molar-refractivity contribution in [1.29, 1.82) is 0 Å². The van der Waals surface area contributed by atoms with Gasteiger partial charge >= 0.3 is 5.97 Å². The second kappa shape index (κ2) is 6.70. The number of carbonyl (C=O) groups is 3. The Morgan fingerprint density at radius 1 is 1.07 bits per heavy atom. The van der Waals surface area contributed by atoms with Gasteiger partial charge in [0.15, 0.2) is 11.6 Å². The Balaban J connectivity index is 4.05. The zero-order valence-electron chi connectivity index (χ0n) is 9.07. The number of ether oxygens (including phenoxy) is 1. The fourth-order valence-corrected chi connectivity index (χ4v) is 0.809. The number of hydrogen-bond donors (Lipinski definition) is 0. The van der Waals surface area contributed by atoms with Gasteiger partial charge < -0.3 is 4.74 Å². The number of carbonyl (C=O) groups excluding carboxylic acids is 3. The number of esters is 1. The molecular weight excluding hydrogens is 196 g/mol. The van der Waals surface area contributed by atoms with E-state index in [0.29, 0.717) is 0 Å². The van der Waals surface area contributed by atoms with Gasteiger partial charge in [-0.15, -0.1) is 0 Å². The van der Waals surface area contributed by atoms with Gasteiger partial charge in [-0.3, -0.25) is 14.4 Å². The number of hydrogen-bond acceptors (Lipinski definition) is 4. The minimum Gasteiger partial charge on any atom is -0.435 e. The van der Waals surface area contributed by atoms with E-state index < -0.39 is 11.8 Å². The Morgan fingerprint density at radius 2 is 1.67 bits per heavy atom. The molecule has 0 N–H and O–H groups in total. The largest absolute Gasteiger partial charge is 0.435 e. The first-order valence-corrected chi connectivity index (χ1v) is 4.46. The summed E-state index contributed by atoms with van der Waals surface area (Å²) in [6.07, 6.45) is 3.25. The van der Waals surface area contributed by atoms with Crippen LogP contribution in [-0.4, -0.2) is 17.5 Å². The van der Waals surface area contributed by atoms with Crippen molar-refractivity contribution < 1.29 is 19.1 Å². The molecule has 0 aliphatic carbocycles. The van der Waals surface area contributed by atoms with Crippen molar-refractivity contribution in [2.45, 2.75) is 27.2 Å². The van der Waals surface area contributed by atoms with Crippen LogP contribution in [0.15, 0.2) is 24.0 Å². The summed E-state index contributed by atoms with van der Waals surface area (Å²) in [6, 6.07) is 0. The van der Waals surface area contributed by atoms with E-state index in [9.17, 15) is 14.4 Å². The summed E-state index contributed by atoms with van der Waals surface area (Å²) in [5.74, 6) is -1.15. The van der Waals surface area contributed by atoms with Crippen LogP contribution in [0.25, 0.3) is 0 Å². The molecule has 82 valence electrons. The predicted octanol–water partition coefficient (Wildman–Crippen LogP) is 1.56. The highest BCUT2D eigenvalue weighted by molar-refractivity contribution is 6.08. The molecule has 0 unspecified atom stereocenters. The number of ketones is 2. The normalized spacial score (nSPS) is 9.80. The molecule has 0 radical (unpaired) electrons. The molecule has 0 aromatic heterocycles. The molecule has 4 heteroatoms. The Morgan fingerprint density at radius 3 is 2.13 bits per heavy atom. The third kappa shape index (κ3) is 8.62. The van der Waals surface area contributed by atoms with Crippen molar-refractivity contribution in [1.82, 2.24) is 0 Å². The van der Waals surface area contributed by atoms with Gasteiger partial charge in [0.1, 0.15) is 0 Å². The smallest absolute Gasteiger partial charge is 0.307 e. The fourth-order valence-electron chi connectivity index (χ4n) is 0.809. The molecule has 0 aromatic carbocycles. The predicted molar refractivity (Wildman–Crippen MR) is 55.0 cm³/mol. The average molecular weight is 210 g/mol. The lowest BCUT2D eigenvalue weighted by atomic mass is 10.1. The Labute approximate surface area is 88.6 Å². The average Bonchev–Trinajstić information content (AvgIpc) is 2.00. The van der Waals surface area contributed by atoms with Gasteiger partial charge in [0.05, 0.1) is 12.7 Å². The van der Waals surface area contributed by atoms with Gasteiger partial charge in [-0.2, -0.15) is 0 Å². The van der Waals surface area contributed by atoms with Crippen molar-refractivity contribution in [3.05, 3.63) is 24.0 Å². The second-order valence-electron chi connectivity index (χ2n) is 3.24. The van der Waals surface area contributed by atoms with Crippen molar-refractivity contribution in [3.8, 4) is 0 Å². The highest BCUT2D eigenvalue weighted by atomic mass is 16.5. The summed E-state index contributed by atoms with van der Waals surface area (Å²) in [7, 11) is 0. The van der Waals surface area contributed by atoms with Crippen LogP contribution in [0.4, 0.5) is 0 Å². The third-order valence-electron chi connectivity index (χ3n) is 1.29. The highest BCUT2D eigenvalue weighted by Crippen LogP contribution is 1.95. The summed E-state index contributed by atoms with van der Waals surface area (Å²) < 4.78 is 4.41. The third-order valence-corrected chi connectivity index (χ3v) is 1.29. The molecule has 0 fully saturated rings. The Kier molecular flexibility index (Phi) is 5.94. The van der Waals surface area contributed by atoms with Crippen molar-refractivity contribution in [2.75, 3.05) is 0 Å². The zero-order chi connectivity index (χ0) is 11.8. The molecule has 15 heavy (non-hydrogen) atoms. The van der Waals surface area contributed by atoms with E-state index in [2.05, 4.69) is 4.74 Å². The number of rotatable bonds is 5. The van der Waals surface area contributed by atoms with E-state index in [-0.39, 0.29) is 12.2 Å². The van der Waals surface area contributed by atoms with Crippen LogP contribution in [0.3, 0.4) is 0 Å². The molecule has 0 rings (SSSR count). The maximum absolute atomic E-state index is 11.1. The molecule has 0 aromatic rings. The van der Waals surface area contributed by atoms with Gasteiger partial charge in [-0.25, -0.2) is 0 Å². The molecule has 0 bridgehead atoms. The summed E-state index contributed by atoms with van der Waals surface area (Å²) in [5.41, 5.74) is 0.844. The highest BCUT2D eigenvalue weighted by Gasteiger charge is 2.03. The van der Waals surface area contributed by atoms with E-state index in [1.165, 1.54) is 13.0 Å². The lowest BCUT2D eigenvalue weighted by Gasteiger charge is -1.92. The van der Waals surface area contributed by atoms with Crippen molar-refractivity contribution >= 4 is 17.5 Å². The van der Waals surface area contributed by atoms with Crippen LogP contribution in [0.5, 0.6) is 0 Å². The van der Waals surface area contributed by atoms with Crippen molar-refractivity contribution in [3.63, 3.8) is 0 Å². The molecule has 0 amide bonds. The van der Waals surface area contributed by atoms with Crippen LogP contribution < -0.4 is 0 Å². The molecule has 0 atom stereocenters. The summed E-state index contributed by atoms with van der Waals surface area (Å²) in [6.45, 7) is 4.78. The minimum atomic E-state index is -0.505. The maximum Gasteiger partial charge on any atom is 0.307 e. The van der Waals surface area contributed by atoms with Gasteiger partial charge in [-0.05, 0) is 19.9 Å². The topological polar surface area (TPSA) is 60.4 Å². The Hall–Kier alpha value is -1.71. The standard InChI is InChI=1S/C11H14O4/c1-8(2)6-11(14)7-10(13)4-5-15-9(3)12/h4-6H,7H2,1-3H3. The summed E-state index contributed by atoms with van der Waals surface area (Å²) >= 11 is 0. The minimum absolute atomic E-state index is 0.205. The molecule has 0 aliphatic rings. The van der Waals surface area contributed by atoms with Crippen LogP contribution in [0, 0.1) is 0 Å². The lowest BCUT2D eigenvalue weighted by Crippen LogP contribution is -2.03. The van der Waals surface area contributed by atoms with E-state index in [4.69, 9.17) is 0 Å². The zero-order valence-corrected chi connectivity index (χ0v) is 9.07. The van der Waals surface area contributed by atoms with Gasteiger partial charge in [0, 0.05) is 13.0 Å². The van der Waals surface area contributed by atoms with Crippen LogP contribution in [0.1, 0.15) is 27.2 Å². The Bertz CT molecular complexity index is 319.